The van der Waals surface area contributed by atoms with E-state index in [1.165, 1.54) is 30.3 Å². The average Bonchev–Trinajstić information content (AvgIpc) is 2.54. The molecule has 0 saturated heterocycles. The molecule has 0 unspecified atom stereocenters. The zero-order chi connectivity index (χ0) is 17.6. The van der Waals surface area contributed by atoms with Crippen LogP contribution in [0.5, 0.6) is 11.5 Å². The number of halogens is 3. The molecule has 1 N–H and O–H groups in total. The first-order valence-electron chi connectivity index (χ1n) is 6.89. The minimum absolute atomic E-state index is 0.0770. The number of rotatable bonds is 6. The predicted molar refractivity (Wildman–Crippen MR) is 83.2 cm³/mol. The molecular weight excluding hydrogens is 323 g/mol. The lowest BCUT2D eigenvalue weighted by Gasteiger charge is -2.14. The van der Waals surface area contributed by atoms with Crippen LogP contribution in [0.15, 0.2) is 61.2 Å². The number of anilines is 1. The summed E-state index contributed by atoms with van der Waals surface area (Å²) in [5, 5.41) is 2.39. The third kappa shape index (κ3) is 5.05. The summed E-state index contributed by atoms with van der Waals surface area (Å²) in [5.74, 6) is -0.500. The van der Waals surface area contributed by atoms with Crippen LogP contribution in [0, 0.1) is 0 Å². The summed E-state index contributed by atoms with van der Waals surface area (Å²) in [7, 11) is 0. The Morgan fingerprint density at radius 3 is 2.42 bits per heavy atom. The van der Waals surface area contributed by atoms with E-state index in [1.54, 1.807) is 18.2 Å². The van der Waals surface area contributed by atoms with Crippen molar-refractivity contribution in [2.45, 2.75) is 6.36 Å². The summed E-state index contributed by atoms with van der Waals surface area (Å²) >= 11 is 0. The minimum atomic E-state index is -4.84. The number of hydrogen-bond donors (Lipinski definition) is 1. The van der Waals surface area contributed by atoms with Crippen molar-refractivity contribution in [1.82, 2.24) is 0 Å². The van der Waals surface area contributed by atoms with Crippen LogP contribution in [0.3, 0.4) is 0 Å². The third-order valence-electron chi connectivity index (χ3n) is 2.85. The number of hydrogen-bond acceptors (Lipinski definition) is 3. The van der Waals surface area contributed by atoms with Crippen molar-refractivity contribution < 1.29 is 27.4 Å². The highest BCUT2D eigenvalue weighted by Gasteiger charge is 2.32. The standard InChI is InChI=1S/C17H14F3NO3/c1-2-11-23-13-9-7-12(8-10-13)16(22)21-14-5-3-4-6-15(14)24-17(18,19)20/h2-10H,1,11H2,(H,21,22). The van der Waals surface area contributed by atoms with Gasteiger partial charge in [0.25, 0.3) is 5.91 Å². The molecule has 0 radical (unpaired) electrons. The van der Waals surface area contributed by atoms with Gasteiger partial charge in [-0.15, -0.1) is 13.2 Å². The number of amides is 1. The first-order valence-corrected chi connectivity index (χ1v) is 6.89. The predicted octanol–water partition coefficient (Wildman–Crippen LogP) is 4.40. The highest BCUT2D eigenvalue weighted by Crippen LogP contribution is 2.30. The normalized spacial score (nSPS) is 10.8. The van der Waals surface area contributed by atoms with Crippen molar-refractivity contribution in [1.29, 1.82) is 0 Å². The molecule has 0 aromatic heterocycles. The lowest BCUT2D eigenvalue weighted by Crippen LogP contribution is -2.19. The van der Waals surface area contributed by atoms with E-state index in [9.17, 15) is 18.0 Å². The van der Waals surface area contributed by atoms with E-state index in [-0.39, 0.29) is 11.3 Å². The molecule has 0 fully saturated rings. The molecule has 24 heavy (non-hydrogen) atoms. The largest absolute Gasteiger partial charge is 0.573 e. The number of carbonyl (C=O) groups excluding carboxylic acids is 1. The molecule has 4 nitrogen and oxygen atoms in total. The van der Waals surface area contributed by atoms with Gasteiger partial charge in [0.15, 0.2) is 5.75 Å². The molecule has 126 valence electrons. The van der Waals surface area contributed by atoms with E-state index in [2.05, 4.69) is 16.6 Å². The number of para-hydroxylation sites is 2. The fourth-order valence-corrected chi connectivity index (χ4v) is 1.84. The van der Waals surface area contributed by atoms with Gasteiger partial charge in [0.2, 0.25) is 0 Å². The molecule has 2 aromatic rings. The van der Waals surface area contributed by atoms with Crippen LogP contribution in [0.1, 0.15) is 10.4 Å². The van der Waals surface area contributed by atoms with Crippen LogP contribution >= 0.6 is 0 Å². The van der Waals surface area contributed by atoms with E-state index < -0.39 is 18.0 Å². The fraction of sp³-hybridized carbons (Fsp3) is 0.118. The SMILES string of the molecule is C=CCOc1ccc(C(=O)Nc2ccccc2OC(F)(F)F)cc1. The summed E-state index contributed by atoms with van der Waals surface area (Å²) in [6, 6.07) is 11.5. The number of carbonyl (C=O) groups is 1. The van der Waals surface area contributed by atoms with Crippen molar-refractivity contribution in [2.75, 3.05) is 11.9 Å². The second kappa shape index (κ2) is 7.54. The number of nitrogens with one attached hydrogen (secondary N) is 1. The lowest BCUT2D eigenvalue weighted by molar-refractivity contribution is -0.274. The van der Waals surface area contributed by atoms with Crippen molar-refractivity contribution in [2.24, 2.45) is 0 Å². The third-order valence-corrected chi connectivity index (χ3v) is 2.85. The summed E-state index contributed by atoms with van der Waals surface area (Å²) in [6.45, 7) is 3.85. The van der Waals surface area contributed by atoms with E-state index in [0.29, 0.717) is 12.4 Å². The minimum Gasteiger partial charge on any atom is -0.490 e. The summed E-state index contributed by atoms with van der Waals surface area (Å²) in [4.78, 5) is 12.2. The number of ether oxygens (including phenoxy) is 2. The van der Waals surface area contributed by atoms with Gasteiger partial charge in [-0.25, -0.2) is 0 Å². The van der Waals surface area contributed by atoms with Crippen molar-refractivity contribution in [3.05, 3.63) is 66.7 Å². The zero-order valence-corrected chi connectivity index (χ0v) is 12.5. The molecule has 0 aliphatic carbocycles. The molecule has 1 amide bonds. The maximum atomic E-state index is 12.4. The Balaban J connectivity index is 2.11. The van der Waals surface area contributed by atoms with Crippen LogP contribution in [-0.2, 0) is 0 Å². The monoisotopic (exact) mass is 337 g/mol. The van der Waals surface area contributed by atoms with Gasteiger partial charge in [-0.05, 0) is 36.4 Å². The van der Waals surface area contributed by atoms with Crippen LogP contribution < -0.4 is 14.8 Å². The molecule has 0 aliphatic heterocycles. The first kappa shape index (κ1) is 17.4. The first-order chi connectivity index (χ1) is 11.4. The van der Waals surface area contributed by atoms with E-state index >= 15 is 0 Å². The van der Waals surface area contributed by atoms with Crippen LogP contribution in [0.25, 0.3) is 0 Å². The molecule has 2 aromatic carbocycles. The Morgan fingerprint density at radius 1 is 1.12 bits per heavy atom. The van der Waals surface area contributed by atoms with Gasteiger partial charge in [0.05, 0.1) is 5.69 Å². The maximum Gasteiger partial charge on any atom is 0.573 e. The van der Waals surface area contributed by atoms with Crippen LogP contribution in [0.4, 0.5) is 18.9 Å². The fourth-order valence-electron chi connectivity index (χ4n) is 1.84. The maximum absolute atomic E-state index is 12.4. The van der Waals surface area contributed by atoms with Crippen LogP contribution in [-0.4, -0.2) is 18.9 Å². The molecule has 0 aliphatic rings. The Morgan fingerprint density at radius 2 is 1.79 bits per heavy atom. The Kier molecular flexibility index (Phi) is 5.47. The lowest BCUT2D eigenvalue weighted by atomic mass is 10.2. The molecule has 0 heterocycles. The van der Waals surface area contributed by atoms with Gasteiger partial charge in [-0.3, -0.25) is 4.79 Å². The summed E-state index contributed by atoms with van der Waals surface area (Å²) < 4.78 is 46.3. The van der Waals surface area contributed by atoms with E-state index in [4.69, 9.17) is 4.74 Å². The molecular formula is C17H14F3NO3. The topological polar surface area (TPSA) is 47.6 Å². The van der Waals surface area contributed by atoms with Gasteiger partial charge < -0.3 is 14.8 Å². The van der Waals surface area contributed by atoms with Gasteiger partial charge in [-0.1, -0.05) is 24.8 Å². The van der Waals surface area contributed by atoms with Crippen molar-refractivity contribution in [3.63, 3.8) is 0 Å². The van der Waals surface area contributed by atoms with Gasteiger partial charge >= 0.3 is 6.36 Å². The van der Waals surface area contributed by atoms with Crippen molar-refractivity contribution in [3.8, 4) is 11.5 Å². The Hall–Kier alpha value is -2.96. The van der Waals surface area contributed by atoms with Gasteiger partial charge in [0, 0.05) is 5.56 Å². The molecule has 0 bridgehead atoms. The quantitative estimate of drug-likeness (QED) is 0.795. The number of benzene rings is 2. The second-order valence-corrected chi connectivity index (χ2v) is 4.62. The number of alkyl halides is 3. The molecule has 7 heteroatoms. The smallest absolute Gasteiger partial charge is 0.490 e. The highest BCUT2D eigenvalue weighted by atomic mass is 19.4. The van der Waals surface area contributed by atoms with Crippen LogP contribution in [0.2, 0.25) is 0 Å². The van der Waals surface area contributed by atoms with Gasteiger partial charge in [0.1, 0.15) is 12.4 Å². The molecule has 2 rings (SSSR count). The second-order valence-electron chi connectivity index (χ2n) is 4.62. The summed E-state index contributed by atoms with van der Waals surface area (Å²) in [5.41, 5.74) is 0.189. The van der Waals surface area contributed by atoms with Gasteiger partial charge in [-0.2, -0.15) is 0 Å². The molecule has 0 saturated carbocycles. The average molecular weight is 337 g/mol. The van der Waals surface area contributed by atoms with E-state index in [1.807, 2.05) is 0 Å². The summed E-state index contributed by atoms with van der Waals surface area (Å²) in [6.07, 6.45) is -3.26. The van der Waals surface area contributed by atoms with E-state index in [0.717, 1.165) is 6.07 Å². The molecule has 0 atom stereocenters. The highest BCUT2D eigenvalue weighted by molar-refractivity contribution is 6.05. The Labute approximate surface area is 136 Å². The molecule has 0 spiro atoms. The Bertz CT molecular complexity index is 712. The van der Waals surface area contributed by atoms with Crippen molar-refractivity contribution >= 4 is 11.6 Å². The zero-order valence-electron chi connectivity index (χ0n) is 12.5.